The van der Waals surface area contributed by atoms with E-state index in [4.69, 9.17) is 5.41 Å². The van der Waals surface area contributed by atoms with Gasteiger partial charge in [0.1, 0.15) is 0 Å². The first-order valence-corrected chi connectivity index (χ1v) is 11.8. The van der Waals surface area contributed by atoms with E-state index in [1.54, 1.807) is 7.05 Å². The van der Waals surface area contributed by atoms with Crippen molar-refractivity contribution in [2.45, 2.75) is 89.1 Å². The minimum absolute atomic E-state index is 0.222. The molecular formula is C24H39N5O. The van der Waals surface area contributed by atoms with E-state index in [0.717, 1.165) is 30.9 Å². The van der Waals surface area contributed by atoms with Crippen LogP contribution < -0.4 is 10.6 Å². The van der Waals surface area contributed by atoms with E-state index in [9.17, 15) is 4.79 Å². The first-order chi connectivity index (χ1) is 14.6. The van der Waals surface area contributed by atoms with Gasteiger partial charge in [0.2, 0.25) is 6.41 Å². The topological polar surface area (TPSA) is 81.1 Å². The summed E-state index contributed by atoms with van der Waals surface area (Å²) in [5.74, 6) is 1.71. The molecule has 0 radical (unpaired) electrons. The van der Waals surface area contributed by atoms with Crippen molar-refractivity contribution < 1.29 is 4.79 Å². The standard InChI is InChI=1S/C24H39N5O/c1-29(18-30)24(25)28-22(13-12-19-7-3-2-4-8-19)16-20-9-5-10-21(15-20)27-23-11-6-14-26-17-23/h6,11,14,17-22,27H,2-5,7-10,12-13,15-16H2,1H3,(H2,25,28)/t20-,21-,22+/m0/s1. The van der Waals surface area contributed by atoms with Crippen molar-refractivity contribution in [3.8, 4) is 0 Å². The number of pyridine rings is 1. The highest BCUT2D eigenvalue weighted by Gasteiger charge is 2.26. The van der Waals surface area contributed by atoms with Crippen molar-refractivity contribution in [2.75, 3.05) is 12.4 Å². The highest BCUT2D eigenvalue weighted by molar-refractivity contribution is 5.86. The Balaban J connectivity index is 1.54. The molecule has 0 saturated heterocycles. The summed E-state index contributed by atoms with van der Waals surface area (Å²) in [6, 6.07) is 4.82. The monoisotopic (exact) mass is 413 g/mol. The molecule has 0 spiro atoms. The van der Waals surface area contributed by atoms with Crippen LogP contribution in [0.5, 0.6) is 0 Å². The number of amides is 1. The Morgan fingerprint density at radius 2 is 2.03 bits per heavy atom. The Hall–Kier alpha value is -2.11. The molecule has 3 atom stereocenters. The van der Waals surface area contributed by atoms with Crippen molar-refractivity contribution in [3.05, 3.63) is 24.5 Å². The van der Waals surface area contributed by atoms with Gasteiger partial charge >= 0.3 is 0 Å². The summed E-state index contributed by atoms with van der Waals surface area (Å²) in [4.78, 5) is 16.6. The Morgan fingerprint density at radius 1 is 1.23 bits per heavy atom. The Bertz CT molecular complexity index is 646. The maximum Gasteiger partial charge on any atom is 0.216 e. The smallest absolute Gasteiger partial charge is 0.216 e. The molecule has 3 N–H and O–H groups in total. The number of rotatable bonds is 9. The second-order valence-corrected chi connectivity index (χ2v) is 9.34. The lowest BCUT2D eigenvalue weighted by molar-refractivity contribution is -0.114. The van der Waals surface area contributed by atoms with Crippen LogP contribution in [0.4, 0.5) is 5.69 Å². The molecule has 0 aromatic carbocycles. The van der Waals surface area contributed by atoms with Crippen LogP contribution in [-0.2, 0) is 4.79 Å². The Kier molecular flexibility index (Phi) is 8.97. The first kappa shape index (κ1) is 22.6. The molecule has 1 amide bonds. The normalized spacial score (nSPS) is 23.4. The third-order valence-corrected chi connectivity index (χ3v) is 6.93. The van der Waals surface area contributed by atoms with Gasteiger partial charge in [-0.2, -0.15) is 0 Å². The molecule has 166 valence electrons. The van der Waals surface area contributed by atoms with Gasteiger partial charge in [0.15, 0.2) is 5.96 Å². The summed E-state index contributed by atoms with van der Waals surface area (Å²) in [5.41, 5.74) is 1.10. The molecule has 1 aromatic heterocycles. The number of aromatic nitrogens is 1. The van der Waals surface area contributed by atoms with Gasteiger partial charge in [0, 0.05) is 31.5 Å². The Morgan fingerprint density at radius 3 is 2.77 bits per heavy atom. The lowest BCUT2D eigenvalue weighted by Crippen LogP contribution is -2.44. The average molecular weight is 414 g/mol. The summed E-state index contributed by atoms with van der Waals surface area (Å²) in [6.07, 6.45) is 19.5. The second kappa shape index (κ2) is 11.9. The van der Waals surface area contributed by atoms with Crippen molar-refractivity contribution in [1.82, 2.24) is 15.2 Å². The van der Waals surface area contributed by atoms with E-state index >= 15 is 0 Å². The van der Waals surface area contributed by atoms with Gasteiger partial charge in [0.25, 0.3) is 0 Å². The van der Waals surface area contributed by atoms with Crippen LogP contribution in [0, 0.1) is 17.2 Å². The number of nitrogens with one attached hydrogen (secondary N) is 3. The quantitative estimate of drug-likeness (QED) is 0.309. The SMILES string of the molecule is CN(C=O)C(=N)N[C@H](CCC1CCCCC1)C[C@H]1CCC[C@H](Nc2cccnc2)C1. The molecule has 0 unspecified atom stereocenters. The van der Waals surface area contributed by atoms with E-state index in [-0.39, 0.29) is 12.0 Å². The predicted octanol–water partition coefficient (Wildman–Crippen LogP) is 4.78. The van der Waals surface area contributed by atoms with E-state index in [1.807, 2.05) is 18.5 Å². The zero-order valence-corrected chi connectivity index (χ0v) is 18.5. The van der Waals surface area contributed by atoms with Gasteiger partial charge in [-0.05, 0) is 56.1 Å². The molecule has 1 aromatic rings. The van der Waals surface area contributed by atoms with E-state index in [0.29, 0.717) is 18.4 Å². The van der Waals surface area contributed by atoms with Crippen LogP contribution in [0.3, 0.4) is 0 Å². The van der Waals surface area contributed by atoms with Gasteiger partial charge in [0.05, 0.1) is 5.69 Å². The highest BCUT2D eigenvalue weighted by Crippen LogP contribution is 2.32. The van der Waals surface area contributed by atoms with E-state index in [1.165, 1.54) is 62.7 Å². The fourth-order valence-corrected chi connectivity index (χ4v) is 5.23. The van der Waals surface area contributed by atoms with Crippen LogP contribution >= 0.6 is 0 Å². The number of anilines is 1. The summed E-state index contributed by atoms with van der Waals surface area (Å²) in [5, 5.41) is 15.2. The average Bonchev–Trinajstić information content (AvgIpc) is 2.78. The lowest BCUT2D eigenvalue weighted by Gasteiger charge is -2.34. The number of carbonyl (C=O) groups excluding carboxylic acids is 1. The van der Waals surface area contributed by atoms with E-state index < -0.39 is 0 Å². The second-order valence-electron chi connectivity index (χ2n) is 9.34. The number of carbonyl (C=O) groups is 1. The minimum atomic E-state index is 0.222. The zero-order chi connectivity index (χ0) is 21.2. The van der Waals surface area contributed by atoms with Crippen molar-refractivity contribution in [3.63, 3.8) is 0 Å². The third-order valence-electron chi connectivity index (χ3n) is 6.93. The highest BCUT2D eigenvalue weighted by atomic mass is 16.1. The molecule has 6 nitrogen and oxygen atoms in total. The summed E-state index contributed by atoms with van der Waals surface area (Å²) < 4.78 is 0. The van der Waals surface area contributed by atoms with Gasteiger partial charge < -0.3 is 10.6 Å². The summed E-state index contributed by atoms with van der Waals surface area (Å²) in [7, 11) is 1.65. The predicted molar refractivity (Wildman–Crippen MR) is 123 cm³/mol. The summed E-state index contributed by atoms with van der Waals surface area (Å²) in [6.45, 7) is 0. The van der Waals surface area contributed by atoms with Crippen LogP contribution in [0.2, 0.25) is 0 Å². The molecule has 6 heteroatoms. The van der Waals surface area contributed by atoms with Crippen LogP contribution in [0.25, 0.3) is 0 Å². The number of nitrogens with zero attached hydrogens (tertiary/aromatic N) is 2. The number of hydrogen-bond acceptors (Lipinski definition) is 4. The van der Waals surface area contributed by atoms with Gasteiger partial charge in [-0.3, -0.25) is 20.1 Å². The molecule has 0 aliphatic heterocycles. The molecule has 2 aliphatic rings. The molecule has 2 fully saturated rings. The van der Waals surface area contributed by atoms with Gasteiger partial charge in [-0.15, -0.1) is 0 Å². The van der Waals surface area contributed by atoms with Crippen molar-refractivity contribution in [1.29, 1.82) is 5.41 Å². The molecule has 2 aliphatic carbocycles. The lowest BCUT2D eigenvalue weighted by atomic mass is 9.79. The molecule has 3 rings (SSSR count). The van der Waals surface area contributed by atoms with Gasteiger partial charge in [-0.1, -0.05) is 44.9 Å². The van der Waals surface area contributed by atoms with Crippen LogP contribution in [-0.4, -0.2) is 41.4 Å². The van der Waals surface area contributed by atoms with E-state index in [2.05, 4.69) is 21.7 Å². The molecule has 0 bridgehead atoms. The largest absolute Gasteiger partial charge is 0.381 e. The van der Waals surface area contributed by atoms with Crippen LogP contribution in [0.1, 0.15) is 77.0 Å². The fourth-order valence-electron chi connectivity index (χ4n) is 5.23. The van der Waals surface area contributed by atoms with Crippen molar-refractivity contribution >= 4 is 18.1 Å². The molecule has 2 saturated carbocycles. The maximum atomic E-state index is 11.1. The maximum absolute atomic E-state index is 11.1. The third kappa shape index (κ3) is 7.29. The molecule has 30 heavy (non-hydrogen) atoms. The van der Waals surface area contributed by atoms with Crippen molar-refractivity contribution in [2.24, 2.45) is 11.8 Å². The van der Waals surface area contributed by atoms with Gasteiger partial charge in [-0.25, -0.2) is 0 Å². The van der Waals surface area contributed by atoms with Crippen LogP contribution in [0.15, 0.2) is 24.5 Å². The number of guanidine groups is 1. The minimum Gasteiger partial charge on any atom is -0.381 e. The first-order valence-electron chi connectivity index (χ1n) is 11.8. The summed E-state index contributed by atoms with van der Waals surface area (Å²) >= 11 is 0. The Labute approximate surface area is 181 Å². The zero-order valence-electron chi connectivity index (χ0n) is 18.5. The number of hydrogen-bond donors (Lipinski definition) is 3. The fraction of sp³-hybridized carbons (Fsp3) is 0.708. The molecular weight excluding hydrogens is 374 g/mol. The molecule has 1 heterocycles.